The van der Waals surface area contributed by atoms with Crippen LogP contribution in [0.25, 0.3) is 0 Å². The molecule has 2 rings (SSSR count). The Kier molecular flexibility index (Phi) is 3.38. The first-order valence-electron chi connectivity index (χ1n) is 6.26. The van der Waals surface area contributed by atoms with Crippen molar-refractivity contribution in [2.75, 3.05) is 18.0 Å². The van der Waals surface area contributed by atoms with Crippen LogP contribution in [0.2, 0.25) is 0 Å². The number of benzene rings is 1. The Hall–Kier alpha value is -1.09. The van der Waals surface area contributed by atoms with Gasteiger partial charge in [-0.1, -0.05) is 0 Å². The molecule has 1 N–H and O–H groups in total. The lowest BCUT2D eigenvalue weighted by Crippen LogP contribution is -2.49. The van der Waals surface area contributed by atoms with Crippen molar-refractivity contribution in [1.82, 2.24) is 5.32 Å². The van der Waals surface area contributed by atoms with Gasteiger partial charge in [0.05, 0.1) is 0 Å². The Labute approximate surface area is 103 Å². The fraction of sp³-hybridized carbons (Fsp3) is 0.571. The number of rotatable bonds is 1. The molecule has 1 aliphatic heterocycles. The van der Waals surface area contributed by atoms with Gasteiger partial charge in [-0.25, -0.2) is 4.39 Å². The monoisotopic (exact) mass is 236 g/mol. The van der Waals surface area contributed by atoms with Crippen molar-refractivity contribution in [1.29, 1.82) is 0 Å². The minimum Gasteiger partial charge on any atom is -0.365 e. The minimum atomic E-state index is -0.173. The van der Waals surface area contributed by atoms with Crippen LogP contribution < -0.4 is 10.2 Å². The second kappa shape index (κ2) is 4.65. The highest BCUT2D eigenvalue weighted by Crippen LogP contribution is 2.26. The number of halogens is 1. The first-order chi connectivity index (χ1) is 7.99. The Morgan fingerprint density at radius 3 is 2.59 bits per heavy atom. The lowest BCUT2D eigenvalue weighted by Gasteiger charge is -2.38. The van der Waals surface area contributed by atoms with Gasteiger partial charge in [0.25, 0.3) is 0 Å². The molecule has 0 aromatic heterocycles. The van der Waals surface area contributed by atoms with Crippen molar-refractivity contribution >= 4 is 5.69 Å². The summed E-state index contributed by atoms with van der Waals surface area (Å²) in [4.78, 5) is 2.36. The molecule has 1 aliphatic rings. The van der Waals surface area contributed by atoms with Crippen molar-refractivity contribution in [3.8, 4) is 0 Å². The van der Waals surface area contributed by atoms with Crippen LogP contribution in [0.1, 0.15) is 27.2 Å². The summed E-state index contributed by atoms with van der Waals surface area (Å²) in [5.74, 6) is -0.173. The van der Waals surface area contributed by atoms with Gasteiger partial charge >= 0.3 is 0 Å². The maximum absolute atomic E-state index is 13.0. The Bertz CT molecular complexity index is 372. The van der Waals surface area contributed by atoms with E-state index in [0.717, 1.165) is 25.2 Å². The zero-order valence-corrected chi connectivity index (χ0v) is 10.8. The van der Waals surface area contributed by atoms with Crippen LogP contribution in [0.5, 0.6) is 0 Å². The molecule has 17 heavy (non-hydrogen) atoms. The maximum Gasteiger partial charge on any atom is 0.123 e. The van der Waals surface area contributed by atoms with E-state index in [-0.39, 0.29) is 11.4 Å². The summed E-state index contributed by atoms with van der Waals surface area (Å²) >= 11 is 0. The largest absolute Gasteiger partial charge is 0.365 e. The lowest BCUT2D eigenvalue weighted by atomic mass is 10.0. The molecule has 1 saturated heterocycles. The molecule has 0 radical (unpaired) electrons. The van der Waals surface area contributed by atoms with Gasteiger partial charge in [-0.3, -0.25) is 0 Å². The van der Waals surface area contributed by atoms with Gasteiger partial charge in [0.2, 0.25) is 0 Å². The van der Waals surface area contributed by atoms with Crippen molar-refractivity contribution < 1.29 is 4.39 Å². The summed E-state index contributed by atoms with van der Waals surface area (Å²) < 4.78 is 13.0. The minimum absolute atomic E-state index is 0.0581. The molecule has 1 atom stereocenters. The third kappa shape index (κ3) is 2.78. The van der Waals surface area contributed by atoms with E-state index >= 15 is 0 Å². The first-order valence-corrected chi connectivity index (χ1v) is 6.26. The van der Waals surface area contributed by atoms with E-state index in [1.807, 2.05) is 12.1 Å². The zero-order valence-electron chi connectivity index (χ0n) is 10.8. The Morgan fingerprint density at radius 1 is 1.29 bits per heavy atom. The van der Waals surface area contributed by atoms with E-state index < -0.39 is 0 Å². The fourth-order valence-electron chi connectivity index (χ4n) is 2.35. The number of nitrogens with zero attached hydrogens (tertiary/aromatic N) is 1. The highest BCUT2D eigenvalue weighted by atomic mass is 19.1. The van der Waals surface area contributed by atoms with E-state index in [2.05, 4.69) is 31.0 Å². The van der Waals surface area contributed by atoms with Crippen molar-refractivity contribution in [3.05, 3.63) is 30.1 Å². The van der Waals surface area contributed by atoms with Crippen LogP contribution in [0.4, 0.5) is 10.1 Å². The maximum atomic E-state index is 13.0. The predicted molar refractivity (Wildman–Crippen MR) is 69.9 cm³/mol. The fourth-order valence-corrected chi connectivity index (χ4v) is 2.35. The summed E-state index contributed by atoms with van der Waals surface area (Å²) in [6.07, 6.45) is 1.11. The topological polar surface area (TPSA) is 15.3 Å². The first kappa shape index (κ1) is 12.4. The third-order valence-electron chi connectivity index (χ3n) is 3.54. The molecule has 1 unspecified atom stereocenters. The second-order valence-corrected chi connectivity index (χ2v) is 5.51. The van der Waals surface area contributed by atoms with Gasteiger partial charge in [0.15, 0.2) is 0 Å². The average molecular weight is 236 g/mol. The second-order valence-electron chi connectivity index (χ2n) is 5.51. The molecule has 1 aromatic rings. The molecule has 0 amide bonds. The van der Waals surface area contributed by atoms with Gasteiger partial charge < -0.3 is 10.2 Å². The molecule has 1 aromatic carbocycles. The van der Waals surface area contributed by atoms with Crippen LogP contribution in [0, 0.1) is 5.82 Å². The van der Waals surface area contributed by atoms with Crippen LogP contribution >= 0.6 is 0 Å². The zero-order chi connectivity index (χ0) is 12.5. The van der Waals surface area contributed by atoms with Crippen LogP contribution in [-0.2, 0) is 0 Å². The van der Waals surface area contributed by atoms with Crippen LogP contribution in [-0.4, -0.2) is 24.7 Å². The normalized spacial score (nSPS) is 24.5. The third-order valence-corrected chi connectivity index (χ3v) is 3.54. The summed E-state index contributed by atoms with van der Waals surface area (Å²) in [6.45, 7) is 8.62. The summed E-state index contributed by atoms with van der Waals surface area (Å²) in [5, 5.41) is 3.53. The van der Waals surface area contributed by atoms with Crippen LogP contribution in [0.3, 0.4) is 0 Å². The summed E-state index contributed by atoms with van der Waals surface area (Å²) in [7, 11) is 0. The Balaban J connectivity index is 2.25. The quantitative estimate of drug-likeness (QED) is 0.806. The molecule has 1 fully saturated rings. The van der Waals surface area contributed by atoms with E-state index in [9.17, 15) is 4.39 Å². The van der Waals surface area contributed by atoms with Crippen molar-refractivity contribution in [2.45, 2.75) is 38.8 Å². The Morgan fingerprint density at radius 2 is 1.94 bits per heavy atom. The van der Waals surface area contributed by atoms with Crippen LogP contribution in [0.15, 0.2) is 24.3 Å². The average Bonchev–Trinajstić information content (AvgIpc) is 2.41. The smallest absolute Gasteiger partial charge is 0.123 e. The van der Waals surface area contributed by atoms with Crippen molar-refractivity contribution in [2.24, 2.45) is 0 Å². The molecule has 0 spiro atoms. The highest BCUT2D eigenvalue weighted by molar-refractivity contribution is 5.49. The SMILES string of the molecule is CC1CCN(c2ccc(F)cc2)C(C)(C)CN1. The van der Waals surface area contributed by atoms with E-state index in [1.54, 1.807) is 0 Å². The van der Waals surface area contributed by atoms with Gasteiger partial charge in [0, 0.05) is 30.4 Å². The number of anilines is 1. The molecular formula is C14H21FN2. The van der Waals surface area contributed by atoms with E-state index in [4.69, 9.17) is 0 Å². The van der Waals surface area contributed by atoms with Gasteiger partial charge in [-0.15, -0.1) is 0 Å². The molecular weight excluding hydrogens is 215 g/mol. The number of nitrogens with one attached hydrogen (secondary N) is 1. The number of hydrogen-bond acceptors (Lipinski definition) is 2. The standard InChI is InChI=1S/C14H21FN2/c1-11-8-9-17(14(2,3)10-16-11)13-6-4-12(15)5-7-13/h4-7,11,16H,8-10H2,1-3H3. The highest BCUT2D eigenvalue weighted by Gasteiger charge is 2.30. The van der Waals surface area contributed by atoms with Gasteiger partial charge in [-0.05, 0) is 51.5 Å². The van der Waals surface area contributed by atoms with Crippen molar-refractivity contribution in [3.63, 3.8) is 0 Å². The molecule has 3 heteroatoms. The molecule has 1 heterocycles. The lowest BCUT2D eigenvalue weighted by molar-refractivity contribution is 0.447. The summed E-state index contributed by atoms with van der Waals surface area (Å²) in [6, 6.07) is 7.35. The van der Waals surface area contributed by atoms with E-state index in [0.29, 0.717) is 6.04 Å². The molecule has 94 valence electrons. The van der Waals surface area contributed by atoms with Gasteiger partial charge in [0.1, 0.15) is 5.82 Å². The molecule has 2 nitrogen and oxygen atoms in total. The van der Waals surface area contributed by atoms with E-state index in [1.165, 1.54) is 12.1 Å². The molecule has 0 bridgehead atoms. The summed E-state index contributed by atoms with van der Waals surface area (Å²) in [5.41, 5.74) is 1.16. The number of hydrogen-bond donors (Lipinski definition) is 1. The molecule has 0 saturated carbocycles. The van der Waals surface area contributed by atoms with Gasteiger partial charge in [-0.2, -0.15) is 0 Å². The molecule has 0 aliphatic carbocycles. The predicted octanol–water partition coefficient (Wildman–Crippen LogP) is 2.79.